The van der Waals surface area contributed by atoms with Crippen LogP contribution < -0.4 is 5.32 Å². The lowest BCUT2D eigenvalue weighted by atomic mass is 10.1. The molecule has 1 heterocycles. The van der Waals surface area contributed by atoms with Crippen molar-refractivity contribution < 1.29 is 18.8 Å². The Morgan fingerprint density at radius 2 is 1.88 bits per heavy atom. The predicted octanol–water partition coefficient (Wildman–Crippen LogP) is 3.41. The van der Waals surface area contributed by atoms with E-state index in [0.29, 0.717) is 22.5 Å². The Labute approximate surface area is 144 Å². The summed E-state index contributed by atoms with van der Waals surface area (Å²) in [7, 11) is 1.32. The normalized spacial score (nSPS) is 10.7. The van der Waals surface area contributed by atoms with Crippen LogP contribution in [-0.4, -0.2) is 24.1 Å². The molecule has 0 aliphatic rings. The maximum atomic E-state index is 12.3. The van der Waals surface area contributed by atoms with Gasteiger partial charge in [0.05, 0.1) is 19.1 Å². The molecule has 3 rings (SSSR count). The molecule has 1 amide bonds. The van der Waals surface area contributed by atoms with E-state index < -0.39 is 5.97 Å². The van der Waals surface area contributed by atoms with Gasteiger partial charge in [-0.1, -0.05) is 11.2 Å². The number of aryl methyl sites for hydroxylation is 2. The van der Waals surface area contributed by atoms with Crippen LogP contribution in [0.3, 0.4) is 0 Å². The smallest absolute Gasteiger partial charge is 0.337 e. The fraction of sp³-hybridized carbons (Fsp3) is 0.211. The Morgan fingerprint density at radius 3 is 2.56 bits per heavy atom. The SMILES string of the molecule is COC(=O)c1ccc(NC(=O)Cc2noc3c(C)cc(C)cc23)cc1. The summed E-state index contributed by atoms with van der Waals surface area (Å²) in [6, 6.07) is 10.5. The highest BCUT2D eigenvalue weighted by Gasteiger charge is 2.15. The van der Waals surface area contributed by atoms with Crippen LogP contribution >= 0.6 is 0 Å². The van der Waals surface area contributed by atoms with Gasteiger partial charge in [0.15, 0.2) is 5.58 Å². The Balaban J connectivity index is 1.74. The van der Waals surface area contributed by atoms with Crippen LogP contribution in [0.5, 0.6) is 0 Å². The summed E-state index contributed by atoms with van der Waals surface area (Å²) < 4.78 is 10.0. The first-order chi connectivity index (χ1) is 12.0. The molecule has 0 unspecified atom stereocenters. The zero-order chi connectivity index (χ0) is 18.0. The van der Waals surface area contributed by atoms with Crippen molar-refractivity contribution in [2.45, 2.75) is 20.3 Å². The summed E-state index contributed by atoms with van der Waals surface area (Å²) >= 11 is 0. The molecule has 1 N–H and O–H groups in total. The number of aromatic nitrogens is 1. The third kappa shape index (κ3) is 3.52. The van der Waals surface area contributed by atoms with Gasteiger partial charge in [0, 0.05) is 11.1 Å². The van der Waals surface area contributed by atoms with E-state index in [9.17, 15) is 9.59 Å². The molecule has 0 atom stereocenters. The molecule has 0 aliphatic heterocycles. The molecule has 0 bridgehead atoms. The molecule has 0 fully saturated rings. The average molecular weight is 338 g/mol. The number of carbonyl (C=O) groups excluding carboxylic acids is 2. The van der Waals surface area contributed by atoms with Crippen LogP contribution in [0, 0.1) is 13.8 Å². The van der Waals surface area contributed by atoms with Crippen molar-refractivity contribution in [3.05, 3.63) is 58.8 Å². The number of ether oxygens (including phenoxy) is 1. The van der Waals surface area contributed by atoms with Crippen molar-refractivity contribution in [1.82, 2.24) is 5.16 Å². The summed E-state index contributed by atoms with van der Waals surface area (Å²) in [4.78, 5) is 23.7. The van der Waals surface area contributed by atoms with E-state index in [2.05, 4.69) is 15.2 Å². The fourth-order valence-corrected chi connectivity index (χ4v) is 2.73. The molecular formula is C19H18N2O4. The van der Waals surface area contributed by atoms with Crippen LogP contribution in [0.4, 0.5) is 5.69 Å². The summed E-state index contributed by atoms with van der Waals surface area (Å²) in [5.41, 5.74) is 4.41. The van der Waals surface area contributed by atoms with E-state index in [4.69, 9.17) is 4.52 Å². The van der Waals surface area contributed by atoms with Gasteiger partial charge in [-0.15, -0.1) is 0 Å². The zero-order valence-electron chi connectivity index (χ0n) is 14.3. The van der Waals surface area contributed by atoms with Gasteiger partial charge in [0.2, 0.25) is 5.91 Å². The van der Waals surface area contributed by atoms with Crippen molar-refractivity contribution in [1.29, 1.82) is 0 Å². The number of hydrogen-bond acceptors (Lipinski definition) is 5. The third-order valence-electron chi connectivity index (χ3n) is 3.89. The second kappa shape index (κ2) is 6.76. The monoisotopic (exact) mass is 338 g/mol. The highest BCUT2D eigenvalue weighted by atomic mass is 16.5. The van der Waals surface area contributed by atoms with Crippen molar-refractivity contribution in [3.63, 3.8) is 0 Å². The zero-order valence-corrected chi connectivity index (χ0v) is 14.3. The minimum Gasteiger partial charge on any atom is -0.465 e. The van der Waals surface area contributed by atoms with Gasteiger partial charge >= 0.3 is 5.97 Å². The van der Waals surface area contributed by atoms with Gasteiger partial charge in [0.1, 0.15) is 5.69 Å². The number of hydrogen-bond donors (Lipinski definition) is 1. The van der Waals surface area contributed by atoms with Gasteiger partial charge in [0.25, 0.3) is 0 Å². The molecule has 3 aromatic rings. The summed E-state index contributed by atoms with van der Waals surface area (Å²) in [6.07, 6.45) is 0.106. The van der Waals surface area contributed by atoms with E-state index in [1.54, 1.807) is 24.3 Å². The first kappa shape index (κ1) is 16.7. The van der Waals surface area contributed by atoms with Crippen molar-refractivity contribution in [2.75, 3.05) is 12.4 Å². The molecule has 0 radical (unpaired) electrons. The van der Waals surface area contributed by atoms with Crippen molar-refractivity contribution in [2.24, 2.45) is 0 Å². The van der Waals surface area contributed by atoms with Crippen molar-refractivity contribution in [3.8, 4) is 0 Å². The number of fused-ring (bicyclic) bond motifs is 1. The van der Waals surface area contributed by atoms with Crippen LogP contribution in [0.25, 0.3) is 11.0 Å². The lowest BCUT2D eigenvalue weighted by Crippen LogP contribution is -2.15. The molecule has 128 valence electrons. The van der Waals surface area contributed by atoms with Crippen LogP contribution in [0.15, 0.2) is 40.9 Å². The number of anilines is 1. The van der Waals surface area contributed by atoms with Crippen LogP contribution in [0.2, 0.25) is 0 Å². The first-order valence-corrected chi connectivity index (χ1v) is 7.81. The molecule has 1 aromatic heterocycles. The van der Waals surface area contributed by atoms with Gasteiger partial charge in [-0.3, -0.25) is 4.79 Å². The third-order valence-corrected chi connectivity index (χ3v) is 3.89. The number of carbonyl (C=O) groups is 2. The van der Waals surface area contributed by atoms with Gasteiger partial charge in [-0.25, -0.2) is 4.79 Å². The van der Waals surface area contributed by atoms with E-state index in [1.165, 1.54) is 7.11 Å². The molecule has 25 heavy (non-hydrogen) atoms. The Kier molecular flexibility index (Phi) is 4.52. The second-order valence-electron chi connectivity index (χ2n) is 5.88. The van der Waals surface area contributed by atoms with Crippen LogP contribution in [0.1, 0.15) is 27.2 Å². The molecule has 0 saturated heterocycles. The summed E-state index contributed by atoms with van der Waals surface area (Å²) in [6.45, 7) is 3.94. The number of nitrogens with zero attached hydrogens (tertiary/aromatic N) is 1. The maximum Gasteiger partial charge on any atom is 0.337 e. The Morgan fingerprint density at radius 1 is 1.16 bits per heavy atom. The highest BCUT2D eigenvalue weighted by molar-refractivity contribution is 5.96. The lowest BCUT2D eigenvalue weighted by molar-refractivity contribution is -0.115. The number of benzene rings is 2. The molecule has 6 heteroatoms. The molecular weight excluding hydrogens is 320 g/mol. The topological polar surface area (TPSA) is 81.4 Å². The number of rotatable bonds is 4. The van der Waals surface area contributed by atoms with Gasteiger partial charge in [-0.05, 0) is 55.3 Å². The minimum atomic E-state index is -0.419. The van der Waals surface area contributed by atoms with E-state index in [1.807, 2.05) is 26.0 Å². The van der Waals surface area contributed by atoms with Gasteiger partial charge in [-0.2, -0.15) is 0 Å². The molecule has 0 saturated carbocycles. The van der Waals surface area contributed by atoms with Gasteiger partial charge < -0.3 is 14.6 Å². The van der Waals surface area contributed by atoms with E-state index >= 15 is 0 Å². The van der Waals surface area contributed by atoms with E-state index in [-0.39, 0.29) is 12.3 Å². The Hall–Kier alpha value is -3.15. The first-order valence-electron chi connectivity index (χ1n) is 7.81. The molecule has 6 nitrogen and oxygen atoms in total. The predicted molar refractivity (Wildman–Crippen MR) is 93.6 cm³/mol. The molecule has 2 aromatic carbocycles. The van der Waals surface area contributed by atoms with Crippen molar-refractivity contribution >= 4 is 28.5 Å². The average Bonchev–Trinajstić information content (AvgIpc) is 2.97. The second-order valence-corrected chi connectivity index (χ2v) is 5.88. The Bertz CT molecular complexity index is 942. The summed E-state index contributed by atoms with van der Waals surface area (Å²) in [5.74, 6) is -0.627. The number of nitrogens with one attached hydrogen (secondary N) is 1. The van der Waals surface area contributed by atoms with Crippen LogP contribution in [-0.2, 0) is 16.0 Å². The lowest BCUT2D eigenvalue weighted by Gasteiger charge is -2.05. The maximum absolute atomic E-state index is 12.3. The fourth-order valence-electron chi connectivity index (χ4n) is 2.73. The molecule has 0 spiro atoms. The van der Waals surface area contributed by atoms with E-state index in [0.717, 1.165) is 16.5 Å². The summed E-state index contributed by atoms with van der Waals surface area (Å²) in [5, 5.41) is 7.67. The highest BCUT2D eigenvalue weighted by Crippen LogP contribution is 2.24. The standard InChI is InChI=1S/C19H18N2O4/c1-11-8-12(2)18-15(9-11)16(21-25-18)10-17(22)20-14-6-4-13(5-7-14)19(23)24-3/h4-9H,10H2,1-3H3,(H,20,22). The minimum absolute atomic E-state index is 0.106. The quantitative estimate of drug-likeness (QED) is 0.737. The largest absolute Gasteiger partial charge is 0.465 e. The number of methoxy groups -OCH3 is 1. The molecule has 0 aliphatic carbocycles. The number of amides is 1. The number of esters is 1.